The molecule has 0 bridgehead atoms. The largest absolute Gasteiger partial charge is 0.460 e. The van der Waals surface area contributed by atoms with Gasteiger partial charge in [0.1, 0.15) is 24.6 Å². The van der Waals surface area contributed by atoms with E-state index in [-0.39, 0.29) is 118 Å². The molecule has 2 aliphatic rings. The van der Waals surface area contributed by atoms with E-state index in [1.165, 1.54) is 33.1 Å². The summed E-state index contributed by atoms with van der Waals surface area (Å²) < 4.78 is 63.8. The van der Waals surface area contributed by atoms with Gasteiger partial charge in [0, 0.05) is 71.3 Å². The Balaban J connectivity index is 1.42. The molecule has 4 rings (SSSR count). The Hall–Kier alpha value is -6.56. The molecule has 5 unspecified atom stereocenters. The van der Waals surface area contributed by atoms with Crippen LogP contribution in [-0.4, -0.2) is 222 Å². The summed E-state index contributed by atoms with van der Waals surface area (Å²) in [5.74, 6) is -4.74. The highest BCUT2D eigenvalue weighted by molar-refractivity contribution is 5.93. The van der Waals surface area contributed by atoms with Crippen LogP contribution in [0.4, 0.5) is 15.3 Å². The van der Waals surface area contributed by atoms with Crippen LogP contribution in [0.15, 0.2) is 48.5 Å². The van der Waals surface area contributed by atoms with Gasteiger partial charge in [-0.15, -0.1) is 0 Å². The molecule has 0 radical (unpaired) electrons. The maximum absolute atomic E-state index is 15.0. The highest BCUT2D eigenvalue weighted by Gasteiger charge is 2.46. The Morgan fingerprint density at radius 1 is 0.770 bits per heavy atom. The smallest absolute Gasteiger partial charge is 0.431 e. The van der Waals surface area contributed by atoms with E-state index in [2.05, 4.69) is 16.1 Å². The van der Waals surface area contributed by atoms with E-state index in [9.17, 15) is 38.7 Å². The summed E-state index contributed by atoms with van der Waals surface area (Å²) in [6.45, 7) is 28.6. The number of likely N-dealkylation sites (N-methyl/N-ethyl adjacent to an activating group) is 2. The lowest BCUT2D eigenvalue weighted by atomic mass is 9.83. The summed E-state index contributed by atoms with van der Waals surface area (Å²) in [6.07, 6.45) is -4.50. The minimum Gasteiger partial charge on any atom is -0.460 e. The first-order chi connectivity index (χ1) is 47.3. The normalized spacial score (nSPS) is 20.6. The molecule has 27 heteroatoms. The minimum absolute atomic E-state index is 0.00543. The summed E-state index contributed by atoms with van der Waals surface area (Å²) >= 11 is 0. The quantitative estimate of drug-likeness (QED) is 0.0210. The van der Waals surface area contributed by atoms with Crippen molar-refractivity contribution < 1.29 is 100 Å². The second-order valence-corrected chi connectivity index (χ2v) is 27.9. The molecule has 2 fully saturated rings. The predicted molar refractivity (Wildman–Crippen MR) is 372 cm³/mol. The number of methoxy groups -OCH3 is 2. The maximum Gasteiger partial charge on any atom is 0.431 e. The van der Waals surface area contributed by atoms with Gasteiger partial charge in [0.25, 0.3) is 0 Å². The molecular weight excluding hydrogens is 1300 g/mol. The van der Waals surface area contributed by atoms with Crippen LogP contribution in [-0.2, 0) is 87.6 Å². The van der Waals surface area contributed by atoms with Crippen LogP contribution < -0.4 is 20.9 Å². The number of hydroxylamine groups is 1. The van der Waals surface area contributed by atoms with Gasteiger partial charge >= 0.3 is 18.2 Å². The number of anilines is 1. The third kappa shape index (κ3) is 27.0. The van der Waals surface area contributed by atoms with Gasteiger partial charge in [-0.2, -0.15) is 5.48 Å². The van der Waals surface area contributed by atoms with Crippen molar-refractivity contribution in [3.8, 4) is 5.75 Å². The second-order valence-electron chi connectivity index (χ2n) is 27.9. The average Bonchev–Trinajstić information content (AvgIpc) is 1.16. The first kappa shape index (κ1) is 85.8. The average molecular weight is 1420 g/mol. The van der Waals surface area contributed by atoms with Gasteiger partial charge in [-0.3, -0.25) is 33.6 Å². The molecule has 27 nitrogen and oxygen atoms in total. The molecule has 0 spiro atoms. The number of nitrogens with one attached hydrogen (secondary N) is 3. The van der Waals surface area contributed by atoms with Gasteiger partial charge in [0.2, 0.25) is 29.9 Å². The number of carbonyl (C=O) groups is 8. The highest BCUT2D eigenvalue weighted by atomic mass is 16.7. The number of benzene rings is 2. The van der Waals surface area contributed by atoms with Crippen LogP contribution in [0.5, 0.6) is 5.75 Å². The number of aliphatic hydroxyl groups excluding tert-OH is 1. The van der Waals surface area contributed by atoms with Crippen molar-refractivity contribution in [3.63, 3.8) is 0 Å². The van der Waals surface area contributed by atoms with Crippen molar-refractivity contribution >= 4 is 53.3 Å². The Morgan fingerprint density at radius 2 is 1.39 bits per heavy atom. The van der Waals surface area contributed by atoms with Crippen molar-refractivity contribution in [1.82, 2.24) is 25.5 Å². The number of ketones is 1. The van der Waals surface area contributed by atoms with Crippen LogP contribution in [0.2, 0.25) is 0 Å². The summed E-state index contributed by atoms with van der Waals surface area (Å²) in [7, 11) is 6.17. The molecule has 2 saturated heterocycles. The Kier molecular flexibility index (Phi) is 36.7. The summed E-state index contributed by atoms with van der Waals surface area (Å²) in [5.41, 5.74) is 2.81. The van der Waals surface area contributed by atoms with Crippen LogP contribution in [0, 0.1) is 41.4 Å². The molecule has 2 heterocycles. The van der Waals surface area contributed by atoms with Crippen LogP contribution in [0.1, 0.15) is 153 Å². The van der Waals surface area contributed by atoms with Gasteiger partial charge in [0.05, 0.1) is 114 Å². The summed E-state index contributed by atoms with van der Waals surface area (Å²) in [5, 5.41) is 16.8. The number of rotatable bonds is 42. The Morgan fingerprint density at radius 3 is 1.96 bits per heavy atom. The molecule has 2 aromatic rings. The predicted octanol–water partition coefficient (Wildman–Crippen LogP) is 8.46. The standard InChI is InChI=1S/C73H118N6O21/c1-20-46(6)64(60(89-18)41-62(83)79-30-24-27-57(79)66(90-19)49(9)68(85)74-50(10)65(84)53-25-22-21-23-26-53)77(16)69(86)56(44(2)3)40-58(81)63(45(4)5)78(17)72(88)95-42-54-39-55(28-29-59(54)99-70-67(98-52(12)80)48(8)47(7)51(11)97-70)75-61(82)43-94-36-35-92-32-31-91-33-34-93-37-38-96-76-71(87)100-73(13,14)15/h21-23,25-26,28-29,39,44-51,56-57,60,63-67,70,84H,20,24,27,30-38,40-43H2,1-19H3,(H,74,85)(H,75,82)(H,76,87)/t46-,47?,48?,49+,50+,51?,56-,57-,60+,63-,64-,65+,66+,67?,70?/m0/s1. The Bertz CT molecular complexity index is 2860. The molecule has 0 aromatic heterocycles. The van der Waals surface area contributed by atoms with E-state index < -0.39 is 109 Å². The van der Waals surface area contributed by atoms with Gasteiger partial charge in [-0.25, -0.2) is 9.59 Å². The van der Waals surface area contributed by atoms with Gasteiger partial charge < -0.3 is 82.5 Å². The SMILES string of the molecule is CC[C@H](C)[C@@H]([C@@H](CC(=O)N1CCC[C@H]1[C@H](OC)[C@@H](C)C(=O)N[C@H](C)[C@@H](O)c1ccccc1)OC)N(C)C(=O)[C@@H](CC(=O)[C@H](C(C)C)N(C)C(=O)OCc1cc(NC(=O)COCCOCCOCCOCCONC(=O)OC(C)(C)C)ccc1OC1OC(C)C(C)C(C)C1OC(C)=O)C(C)C. The lowest BCUT2D eigenvalue weighted by Gasteiger charge is -2.42. The molecule has 100 heavy (non-hydrogen) atoms. The zero-order valence-corrected chi connectivity index (χ0v) is 62.7. The number of hydrogen-bond donors (Lipinski definition) is 4. The number of aliphatic hydroxyl groups is 1. The molecule has 0 aliphatic carbocycles. The van der Waals surface area contributed by atoms with E-state index in [1.54, 1.807) is 95.6 Å². The van der Waals surface area contributed by atoms with Crippen molar-refractivity contribution in [2.75, 3.05) is 99.6 Å². The monoisotopic (exact) mass is 1410 g/mol. The second kappa shape index (κ2) is 42.8. The molecule has 2 aromatic carbocycles. The molecule has 4 N–H and O–H groups in total. The fourth-order valence-corrected chi connectivity index (χ4v) is 12.7. The van der Waals surface area contributed by atoms with Gasteiger partial charge in [0.15, 0.2) is 11.9 Å². The van der Waals surface area contributed by atoms with E-state index in [4.69, 9.17) is 56.9 Å². The number of ether oxygens (including phenoxy) is 11. The zero-order chi connectivity index (χ0) is 74.6. The highest BCUT2D eigenvalue weighted by Crippen LogP contribution is 2.37. The zero-order valence-electron chi connectivity index (χ0n) is 62.7. The van der Waals surface area contributed by atoms with Gasteiger partial charge in [-0.1, -0.05) is 99.1 Å². The number of Topliss-reactive ketones (excluding diaryl/α,β-unsaturated/α-hetero) is 1. The number of nitrogens with zero attached hydrogens (tertiary/aromatic N) is 3. The molecule has 6 amide bonds. The third-order valence-corrected chi connectivity index (χ3v) is 18.6. The number of hydrogen-bond acceptors (Lipinski definition) is 21. The van der Waals surface area contributed by atoms with Crippen molar-refractivity contribution in [3.05, 3.63) is 59.7 Å². The minimum atomic E-state index is -1.07. The number of likely N-dealkylation sites (tertiary alicyclic amines) is 1. The first-order valence-electron chi connectivity index (χ1n) is 35.2. The van der Waals surface area contributed by atoms with E-state index in [1.807, 2.05) is 66.7 Å². The molecular formula is C73H118N6O21. The van der Waals surface area contributed by atoms with Gasteiger partial charge in [-0.05, 0) is 94.9 Å². The molecule has 0 saturated carbocycles. The van der Waals surface area contributed by atoms with Crippen LogP contribution in [0.3, 0.4) is 0 Å². The summed E-state index contributed by atoms with van der Waals surface area (Å²) in [4.78, 5) is 119. The number of amides is 6. The lowest BCUT2D eigenvalue weighted by molar-refractivity contribution is -0.243. The van der Waals surface area contributed by atoms with Crippen LogP contribution >= 0.6 is 0 Å². The maximum atomic E-state index is 15.0. The van der Waals surface area contributed by atoms with Crippen molar-refractivity contribution in [2.45, 2.75) is 209 Å². The van der Waals surface area contributed by atoms with E-state index in [0.717, 1.165) is 0 Å². The molecule has 2 aliphatic heterocycles. The fourth-order valence-electron chi connectivity index (χ4n) is 12.7. The molecule has 15 atom stereocenters. The van der Waals surface area contributed by atoms with E-state index >= 15 is 4.79 Å². The van der Waals surface area contributed by atoms with Crippen LogP contribution in [0.25, 0.3) is 0 Å². The summed E-state index contributed by atoms with van der Waals surface area (Å²) in [6, 6.07) is 11.1. The van der Waals surface area contributed by atoms with E-state index in [0.29, 0.717) is 55.8 Å². The molecule has 566 valence electrons. The number of carbonyl (C=O) groups excluding carboxylic acids is 8. The van der Waals surface area contributed by atoms with Crippen molar-refractivity contribution in [1.29, 1.82) is 0 Å². The fraction of sp³-hybridized carbons (Fsp3) is 0.726. The lowest BCUT2D eigenvalue weighted by Crippen LogP contribution is -2.55. The number of esters is 1. The van der Waals surface area contributed by atoms with Crippen molar-refractivity contribution in [2.24, 2.45) is 41.4 Å². The first-order valence-corrected chi connectivity index (χ1v) is 35.2. The Labute approximate surface area is 592 Å². The third-order valence-electron chi connectivity index (χ3n) is 18.6. The topological polar surface area (TPSA) is 313 Å².